The predicted octanol–water partition coefficient (Wildman–Crippen LogP) is 3.52. The Morgan fingerprint density at radius 2 is 2.12 bits per heavy atom. The first-order chi connectivity index (χ1) is 12.4. The molecule has 0 fully saturated rings. The SMILES string of the molecule is CCCCOC(=O)/C(O)=C(/C=NC(=S)c1cccnc1)C(=O)C=C(C)C. The summed E-state index contributed by atoms with van der Waals surface area (Å²) in [4.78, 5) is 32.4. The van der Waals surface area contributed by atoms with Gasteiger partial charge in [0.15, 0.2) is 5.78 Å². The molecule has 0 saturated heterocycles. The molecule has 0 aromatic carbocycles. The molecule has 138 valence electrons. The average molecular weight is 374 g/mol. The van der Waals surface area contributed by atoms with Crippen molar-refractivity contribution in [2.24, 2.45) is 4.99 Å². The van der Waals surface area contributed by atoms with Crippen molar-refractivity contribution in [1.29, 1.82) is 0 Å². The van der Waals surface area contributed by atoms with E-state index in [0.717, 1.165) is 12.6 Å². The van der Waals surface area contributed by atoms with Gasteiger partial charge in [-0.05, 0) is 38.5 Å². The molecule has 0 atom stereocenters. The zero-order valence-electron chi connectivity index (χ0n) is 15.1. The lowest BCUT2D eigenvalue weighted by Crippen LogP contribution is -2.15. The number of thiocarbonyl (C=S) groups is 1. The highest BCUT2D eigenvalue weighted by Gasteiger charge is 2.19. The van der Waals surface area contributed by atoms with Crippen LogP contribution in [0.4, 0.5) is 0 Å². The molecule has 1 heterocycles. The van der Waals surface area contributed by atoms with E-state index in [1.54, 1.807) is 32.2 Å². The number of hydrogen-bond donors (Lipinski definition) is 1. The fourth-order valence-electron chi connectivity index (χ4n) is 1.76. The van der Waals surface area contributed by atoms with Crippen LogP contribution in [0.2, 0.25) is 0 Å². The molecular formula is C19H22N2O4S. The molecule has 0 aliphatic carbocycles. The number of aliphatic hydroxyl groups is 1. The van der Waals surface area contributed by atoms with Gasteiger partial charge < -0.3 is 9.84 Å². The van der Waals surface area contributed by atoms with Crippen molar-refractivity contribution in [2.45, 2.75) is 33.6 Å². The lowest BCUT2D eigenvalue weighted by atomic mass is 10.1. The maximum atomic E-state index is 12.3. The van der Waals surface area contributed by atoms with Crippen LogP contribution in [0, 0.1) is 0 Å². The van der Waals surface area contributed by atoms with E-state index >= 15 is 0 Å². The minimum atomic E-state index is -0.970. The van der Waals surface area contributed by atoms with Gasteiger partial charge in [0.25, 0.3) is 0 Å². The number of allylic oxidation sites excluding steroid dienone is 3. The van der Waals surface area contributed by atoms with Crippen LogP contribution in [0.1, 0.15) is 39.2 Å². The highest BCUT2D eigenvalue weighted by molar-refractivity contribution is 7.80. The standard InChI is InChI=1S/C19H22N2O4S/c1-4-5-9-25-19(24)17(23)15(16(22)10-13(2)3)12-21-18(26)14-7-6-8-20-11-14/h6-8,10-12,23H,4-5,9H2,1-3H3/b17-15+,21-12?. The van der Waals surface area contributed by atoms with E-state index in [1.165, 1.54) is 12.3 Å². The van der Waals surface area contributed by atoms with E-state index in [9.17, 15) is 14.7 Å². The summed E-state index contributed by atoms with van der Waals surface area (Å²) in [5.41, 5.74) is 1.01. The molecule has 0 aliphatic rings. The monoisotopic (exact) mass is 374 g/mol. The van der Waals surface area contributed by atoms with E-state index in [-0.39, 0.29) is 17.2 Å². The maximum absolute atomic E-state index is 12.3. The van der Waals surface area contributed by atoms with Gasteiger partial charge in [0.05, 0.1) is 12.2 Å². The third-order valence-corrected chi connectivity index (χ3v) is 3.43. The zero-order chi connectivity index (χ0) is 19.5. The van der Waals surface area contributed by atoms with Gasteiger partial charge in [-0.15, -0.1) is 0 Å². The number of carbonyl (C=O) groups excluding carboxylic acids is 2. The molecule has 7 heteroatoms. The molecule has 1 aromatic rings. The fraction of sp³-hybridized carbons (Fsp3) is 0.316. The first-order valence-corrected chi connectivity index (χ1v) is 8.55. The van der Waals surface area contributed by atoms with Gasteiger partial charge in [-0.2, -0.15) is 0 Å². The Bertz CT molecular complexity index is 748. The molecule has 0 unspecified atom stereocenters. The Morgan fingerprint density at radius 3 is 2.69 bits per heavy atom. The first kappa shape index (κ1) is 21.4. The fourth-order valence-corrected chi connectivity index (χ4v) is 1.93. The number of pyridine rings is 1. The molecule has 0 bridgehead atoms. The van der Waals surface area contributed by atoms with E-state index in [4.69, 9.17) is 17.0 Å². The number of aliphatic hydroxyl groups excluding tert-OH is 1. The van der Waals surface area contributed by atoms with Crippen LogP contribution in [0.3, 0.4) is 0 Å². The number of nitrogens with zero attached hydrogens (tertiary/aromatic N) is 2. The number of unbranched alkanes of at least 4 members (excludes halogenated alkanes) is 1. The second-order valence-corrected chi connectivity index (χ2v) is 6.03. The smallest absolute Gasteiger partial charge is 0.374 e. The molecule has 6 nitrogen and oxygen atoms in total. The first-order valence-electron chi connectivity index (χ1n) is 8.14. The van der Waals surface area contributed by atoms with E-state index in [2.05, 4.69) is 9.98 Å². The quantitative estimate of drug-likeness (QED) is 0.187. The summed E-state index contributed by atoms with van der Waals surface area (Å²) in [7, 11) is 0. The van der Waals surface area contributed by atoms with Crippen LogP contribution in [-0.4, -0.2) is 39.7 Å². The van der Waals surface area contributed by atoms with E-state index in [0.29, 0.717) is 17.6 Å². The lowest BCUT2D eigenvalue weighted by molar-refractivity contribution is -0.142. The van der Waals surface area contributed by atoms with Gasteiger partial charge in [0.1, 0.15) is 4.99 Å². The van der Waals surface area contributed by atoms with Crippen LogP contribution in [0.15, 0.2) is 52.5 Å². The Hall–Kier alpha value is -2.67. The van der Waals surface area contributed by atoms with Crippen molar-refractivity contribution < 1.29 is 19.4 Å². The van der Waals surface area contributed by atoms with E-state index in [1.807, 2.05) is 6.92 Å². The summed E-state index contributed by atoms with van der Waals surface area (Å²) < 4.78 is 4.95. The van der Waals surface area contributed by atoms with Gasteiger partial charge in [-0.25, -0.2) is 9.79 Å². The third-order valence-electron chi connectivity index (χ3n) is 3.08. The van der Waals surface area contributed by atoms with Gasteiger partial charge >= 0.3 is 5.97 Å². The topological polar surface area (TPSA) is 88.8 Å². The summed E-state index contributed by atoms with van der Waals surface area (Å²) in [6, 6.07) is 3.41. The number of rotatable bonds is 8. The molecule has 0 radical (unpaired) electrons. The third kappa shape index (κ3) is 7.06. The van der Waals surface area contributed by atoms with Crippen LogP contribution in [0.5, 0.6) is 0 Å². The molecule has 0 aliphatic heterocycles. The van der Waals surface area contributed by atoms with Crippen molar-refractivity contribution in [3.8, 4) is 0 Å². The van der Waals surface area contributed by atoms with Gasteiger partial charge in [-0.1, -0.05) is 31.1 Å². The number of hydrogen-bond acceptors (Lipinski definition) is 6. The largest absolute Gasteiger partial charge is 0.501 e. The zero-order valence-corrected chi connectivity index (χ0v) is 15.9. The summed E-state index contributed by atoms with van der Waals surface area (Å²) in [6.07, 6.45) is 6.99. The number of ether oxygens (including phenoxy) is 1. The molecule has 0 saturated carbocycles. The van der Waals surface area contributed by atoms with Crippen LogP contribution >= 0.6 is 12.2 Å². The summed E-state index contributed by atoms with van der Waals surface area (Å²) >= 11 is 5.17. The highest BCUT2D eigenvalue weighted by atomic mass is 32.1. The van der Waals surface area contributed by atoms with Crippen LogP contribution < -0.4 is 0 Å². The number of carbonyl (C=O) groups is 2. The van der Waals surface area contributed by atoms with Gasteiger partial charge in [-0.3, -0.25) is 9.78 Å². The Kier molecular flexibility index (Phi) is 9.08. The molecular weight excluding hydrogens is 352 g/mol. The van der Waals surface area contributed by atoms with Gasteiger partial charge in [0, 0.05) is 24.2 Å². The highest BCUT2D eigenvalue weighted by Crippen LogP contribution is 2.09. The molecule has 0 amide bonds. The number of ketones is 1. The molecule has 1 aromatic heterocycles. The minimum absolute atomic E-state index is 0.161. The van der Waals surface area contributed by atoms with Crippen LogP contribution in [-0.2, 0) is 14.3 Å². The molecule has 26 heavy (non-hydrogen) atoms. The number of aliphatic imine (C=N–C) groups is 1. The van der Waals surface area contributed by atoms with Crippen molar-refractivity contribution in [3.63, 3.8) is 0 Å². The van der Waals surface area contributed by atoms with Crippen LogP contribution in [0.25, 0.3) is 0 Å². The Labute approximate surface area is 158 Å². The number of esters is 1. The van der Waals surface area contributed by atoms with E-state index < -0.39 is 17.5 Å². The summed E-state index contributed by atoms with van der Waals surface area (Å²) in [6.45, 7) is 5.56. The second kappa shape index (κ2) is 11.0. The summed E-state index contributed by atoms with van der Waals surface area (Å²) in [5, 5.41) is 10.2. The Balaban J connectivity index is 3.12. The molecule has 0 spiro atoms. The van der Waals surface area contributed by atoms with Crippen molar-refractivity contribution >= 4 is 35.2 Å². The predicted molar refractivity (Wildman–Crippen MR) is 104 cm³/mol. The molecule has 1 N–H and O–H groups in total. The second-order valence-electron chi connectivity index (χ2n) is 5.64. The van der Waals surface area contributed by atoms with Crippen molar-refractivity contribution in [3.05, 3.63) is 53.1 Å². The molecule has 1 rings (SSSR count). The maximum Gasteiger partial charge on any atom is 0.374 e. The Morgan fingerprint density at radius 1 is 1.38 bits per heavy atom. The average Bonchev–Trinajstić information content (AvgIpc) is 2.61. The van der Waals surface area contributed by atoms with Gasteiger partial charge in [0.2, 0.25) is 5.76 Å². The number of aromatic nitrogens is 1. The normalized spacial score (nSPS) is 11.7. The van der Waals surface area contributed by atoms with Crippen molar-refractivity contribution in [2.75, 3.05) is 6.61 Å². The summed E-state index contributed by atoms with van der Waals surface area (Å²) in [5.74, 6) is -2.32. The lowest BCUT2D eigenvalue weighted by Gasteiger charge is -2.06. The van der Waals surface area contributed by atoms with Crippen molar-refractivity contribution in [1.82, 2.24) is 4.98 Å². The minimum Gasteiger partial charge on any atom is -0.501 e.